The maximum Gasteiger partial charge on any atom is 0.435 e. The zero-order valence-corrected chi connectivity index (χ0v) is 30.5. The Morgan fingerprint density at radius 2 is 1.74 bits per heavy atom. The molecule has 4 N–H and O–H groups in total. The highest BCUT2D eigenvalue weighted by atomic mass is 19.1. The van der Waals surface area contributed by atoms with Crippen LogP contribution in [0.3, 0.4) is 0 Å². The number of nitrogens with two attached hydrogens (primary N) is 1. The highest BCUT2D eigenvalue weighted by Gasteiger charge is 2.22. The van der Waals surface area contributed by atoms with Crippen LogP contribution < -0.4 is 20.7 Å². The number of anilines is 2. The number of hydrogen-bond donors (Lipinski definition) is 3. The highest BCUT2D eigenvalue weighted by Crippen LogP contribution is 2.31. The highest BCUT2D eigenvalue weighted by molar-refractivity contribution is 6.07. The van der Waals surface area contributed by atoms with Gasteiger partial charge >= 0.3 is 12.1 Å². The Morgan fingerprint density at radius 1 is 0.981 bits per heavy atom. The van der Waals surface area contributed by atoms with Gasteiger partial charge in [0.2, 0.25) is 0 Å². The van der Waals surface area contributed by atoms with E-state index in [0.717, 1.165) is 36.9 Å². The average Bonchev–Trinajstić information content (AvgIpc) is 3.49. The third kappa shape index (κ3) is 9.97. The van der Waals surface area contributed by atoms with E-state index in [1.54, 1.807) is 42.5 Å². The minimum Gasteiger partial charge on any atom is -0.496 e. The second-order valence-corrected chi connectivity index (χ2v) is 12.6. The van der Waals surface area contributed by atoms with Crippen LogP contribution in [0.1, 0.15) is 67.2 Å². The molecule has 0 radical (unpaired) electrons. The van der Waals surface area contributed by atoms with Crippen molar-refractivity contribution in [3.8, 4) is 16.9 Å². The summed E-state index contributed by atoms with van der Waals surface area (Å²) in [6.07, 6.45) is 5.70. The lowest BCUT2D eigenvalue weighted by Gasteiger charge is -2.21. The number of halogens is 1. The molecule has 2 heterocycles. The zero-order valence-electron chi connectivity index (χ0n) is 30.5. The fourth-order valence-corrected chi connectivity index (χ4v) is 5.84. The predicted molar refractivity (Wildman–Crippen MR) is 205 cm³/mol. The lowest BCUT2D eigenvalue weighted by molar-refractivity contribution is -0.136. The van der Waals surface area contributed by atoms with Crippen molar-refractivity contribution in [1.29, 1.82) is 0 Å². The van der Waals surface area contributed by atoms with Gasteiger partial charge in [0.1, 0.15) is 29.0 Å². The van der Waals surface area contributed by atoms with E-state index in [-0.39, 0.29) is 24.6 Å². The number of hydrogen-bond acceptors (Lipinski definition) is 8. The monoisotopic (exact) mass is 737 g/mol. The van der Waals surface area contributed by atoms with Gasteiger partial charge in [-0.1, -0.05) is 32.6 Å². The number of nitrogens with zero attached hydrogens (tertiary/aromatic N) is 5. The van der Waals surface area contributed by atoms with Crippen molar-refractivity contribution in [2.24, 2.45) is 17.8 Å². The number of carboxylic acids is 1. The molecule has 0 bridgehead atoms. The van der Waals surface area contributed by atoms with Crippen LogP contribution in [0, 0.1) is 5.82 Å². The van der Waals surface area contributed by atoms with Crippen LogP contribution in [0.2, 0.25) is 0 Å². The number of aromatic nitrogens is 3. The zero-order chi connectivity index (χ0) is 38.6. The average molecular weight is 738 g/mol. The molecule has 0 aliphatic rings. The van der Waals surface area contributed by atoms with Gasteiger partial charge in [-0.3, -0.25) is 14.5 Å². The molecule has 0 aliphatic carbocycles. The van der Waals surface area contributed by atoms with Crippen molar-refractivity contribution < 1.29 is 33.4 Å². The molecular formula is C40H44FN7O6. The third-order valence-electron chi connectivity index (χ3n) is 8.83. The summed E-state index contributed by atoms with van der Waals surface area (Å²) in [6, 6.07) is 19.6. The van der Waals surface area contributed by atoms with Crippen molar-refractivity contribution in [1.82, 2.24) is 14.5 Å². The number of aliphatic carboxylic acids is 1. The van der Waals surface area contributed by atoms with Crippen LogP contribution in [0.4, 0.5) is 20.7 Å². The van der Waals surface area contributed by atoms with E-state index in [2.05, 4.69) is 22.2 Å². The molecule has 0 spiro atoms. The molecule has 282 valence electrons. The SMILES string of the molecule is CCCCCCCOC(=O)N=C(N)c1ccc(NCc2nc3cc(C(=O)N(CCC(=O)O)c4ccc(-c5cc(F)ccc5OC)cn4)ccc3n2C)cc1. The van der Waals surface area contributed by atoms with Crippen LogP contribution in [0.25, 0.3) is 22.2 Å². The quantitative estimate of drug-likeness (QED) is 0.0498. The summed E-state index contributed by atoms with van der Waals surface area (Å²) in [5.41, 5.74) is 10.1. The van der Waals surface area contributed by atoms with Crippen molar-refractivity contribution in [2.75, 3.05) is 30.5 Å². The Balaban J connectivity index is 1.25. The van der Waals surface area contributed by atoms with E-state index in [1.165, 1.54) is 42.8 Å². The summed E-state index contributed by atoms with van der Waals surface area (Å²) < 4.78 is 26.5. The second-order valence-electron chi connectivity index (χ2n) is 12.6. The number of amides is 2. The molecule has 5 aromatic rings. The van der Waals surface area contributed by atoms with Crippen molar-refractivity contribution in [3.05, 3.63) is 102 Å². The molecule has 0 unspecified atom stereocenters. The van der Waals surface area contributed by atoms with Gasteiger partial charge in [-0.15, -0.1) is 0 Å². The van der Waals surface area contributed by atoms with Crippen LogP contribution >= 0.6 is 0 Å². The van der Waals surface area contributed by atoms with E-state index >= 15 is 0 Å². The number of nitrogens with one attached hydrogen (secondary N) is 1. The number of unbranched alkanes of at least 4 members (excludes halogenated alkanes) is 4. The first kappa shape index (κ1) is 38.9. The molecule has 13 nitrogen and oxygen atoms in total. The number of benzene rings is 3. The van der Waals surface area contributed by atoms with Crippen LogP contribution in [0.5, 0.6) is 5.75 Å². The summed E-state index contributed by atoms with van der Waals surface area (Å²) in [6.45, 7) is 2.69. The van der Waals surface area contributed by atoms with Crippen molar-refractivity contribution in [2.45, 2.75) is 52.0 Å². The number of carboxylic acid groups (broad SMARTS) is 1. The van der Waals surface area contributed by atoms with Gasteiger partial charge in [-0.25, -0.2) is 19.2 Å². The first-order valence-electron chi connectivity index (χ1n) is 17.7. The van der Waals surface area contributed by atoms with E-state index in [9.17, 15) is 23.9 Å². The summed E-state index contributed by atoms with van der Waals surface area (Å²) in [4.78, 5) is 51.8. The third-order valence-corrected chi connectivity index (χ3v) is 8.83. The molecule has 0 fully saturated rings. The summed E-state index contributed by atoms with van der Waals surface area (Å²) in [5, 5.41) is 12.7. The smallest absolute Gasteiger partial charge is 0.435 e. The number of methoxy groups -OCH3 is 1. The molecule has 2 aromatic heterocycles. The molecule has 14 heteroatoms. The molecule has 5 rings (SSSR count). The number of aryl methyl sites for hydroxylation is 1. The van der Waals surface area contributed by atoms with E-state index < -0.39 is 23.8 Å². The molecule has 54 heavy (non-hydrogen) atoms. The number of amidine groups is 1. The summed E-state index contributed by atoms with van der Waals surface area (Å²) in [5.74, 6) is -0.509. The van der Waals surface area contributed by atoms with Gasteiger partial charge in [0.05, 0.1) is 37.7 Å². The van der Waals surface area contributed by atoms with Gasteiger partial charge in [0.25, 0.3) is 5.91 Å². The Labute approximate surface area is 312 Å². The number of carbonyl (C=O) groups excluding carboxylic acids is 2. The van der Waals surface area contributed by atoms with Gasteiger partial charge in [0.15, 0.2) is 0 Å². The molecule has 0 saturated carbocycles. The Morgan fingerprint density at radius 3 is 2.44 bits per heavy atom. The molecule has 0 aliphatic heterocycles. The summed E-state index contributed by atoms with van der Waals surface area (Å²) >= 11 is 0. The normalized spacial score (nSPS) is 11.4. The molecule has 0 atom stereocenters. The van der Waals surface area contributed by atoms with E-state index in [1.807, 2.05) is 23.7 Å². The first-order chi connectivity index (χ1) is 26.1. The number of pyridine rings is 1. The molecular weight excluding hydrogens is 693 g/mol. The predicted octanol–water partition coefficient (Wildman–Crippen LogP) is 7.33. The van der Waals surface area contributed by atoms with Gasteiger partial charge in [-0.2, -0.15) is 4.99 Å². The van der Waals surface area contributed by atoms with Crippen LogP contribution in [0.15, 0.2) is 84.0 Å². The topological polar surface area (TPSA) is 174 Å². The van der Waals surface area contributed by atoms with Gasteiger partial charge in [0, 0.05) is 47.7 Å². The number of fused-ring (bicyclic) bond motifs is 1. The van der Waals surface area contributed by atoms with Crippen molar-refractivity contribution >= 4 is 46.3 Å². The number of ether oxygens (including phenoxy) is 2. The van der Waals surface area contributed by atoms with Gasteiger partial charge in [-0.05, 0) is 79.2 Å². The van der Waals surface area contributed by atoms with Crippen LogP contribution in [-0.4, -0.2) is 63.7 Å². The molecule has 0 saturated heterocycles. The largest absolute Gasteiger partial charge is 0.496 e. The Bertz CT molecular complexity index is 2120. The first-order valence-corrected chi connectivity index (χ1v) is 17.7. The van der Waals surface area contributed by atoms with Crippen molar-refractivity contribution in [3.63, 3.8) is 0 Å². The van der Waals surface area contributed by atoms with Crippen LogP contribution in [-0.2, 0) is 23.1 Å². The minimum atomic E-state index is -1.07. The standard InChI is InChI=1S/C40H44FN7O6/c1-4-5-6-7-8-21-54-40(52)46-38(42)26-9-14-30(15-10-26)43-25-36-45-32-22-27(11-16-33(32)47(36)2)39(51)48(20-19-37(49)50)35-18-12-28(24-44-35)31-23-29(41)13-17-34(31)53-3/h9-18,22-24,43H,4-8,19-21,25H2,1-3H3,(H,49,50)(H2,42,46,52). The van der Waals surface area contributed by atoms with E-state index in [0.29, 0.717) is 52.5 Å². The minimum absolute atomic E-state index is 0.0668. The molecule has 3 aromatic carbocycles. The number of aliphatic imine (C=N–C) groups is 1. The second kappa shape index (κ2) is 18.4. The fourth-order valence-electron chi connectivity index (χ4n) is 5.84. The maximum absolute atomic E-state index is 14.0. The Hall–Kier alpha value is -6.31. The number of imidazole rings is 1. The Kier molecular flexibility index (Phi) is 13.3. The lowest BCUT2D eigenvalue weighted by atomic mass is 10.1. The maximum atomic E-state index is 14.0. The van der Waals surface area contributed by atoms with Gasteiger partial charge < -0.3 is 30.2 Å². The number of carbonyl (C=O) groups is 3. The lowest BCUT2D eigenvalue weighted by Crippen LogP contribution is -2.33. The summed E-state index contributed by atoms with van der Waals surface area (Å²) in [7, 11) is 3.35. The fraction of sp³-hybridized carbons (Fsp3) is 0.300. The van der Waals surface area contributed by atoms with E-state index in [4.69, 9.17) is 20.2 Å². The number of rotatable bonds is 17. The molecule has 2 amide bonds.